The van der Waals surface area contributed by atoms with Crippen molar-refractivity contribution in [2.24, 2.45) is 0 Å². The summed E-state index contributed by atoms with van der Waals surface area (Å²) in [5.41, 5.74) is 0. The predicted octanol–water partition coefficient (Wildman–Crippen LogP) is -0.466. The molecule has 0 saturated heterocycles. The average Bonchev–Trinajstić information content (AvgIpc) is 0.722. The second-order valence-electron chi connectivity index (χ2n) is 0.513. The fourth-order valence-corrected chi connectivity index (χ4v) is 0. The molecule has 0 saturated carbocycles. The Kier molecular flexibility index (Phi) is 2.01. The maximum absolute atomic E-state index is 7.93. The molecule has 0 bridgehead atoms. The molecule has 5 heavy (non-hydrogen) atoms. The van der Waals surface area contributed by atoms with Gasteiger partial charge >= 0.3 is 40.9 Å². The Morgan fingerprint density at radius 3 is 1.60 bits per heavy atom. The van der Waals surface area contributed by atoms with Gasteiger partial charge in [-0.3, -0.25) is 0 Å². The van der Waals surface area contributed by atoms with Gasteiger partial charge in [-0.2, -0.15) is 0 Å². The van der Waals surface area contributed by atoms with Crippen LogP contribution in [0.15, 0.2) is 0 Å². The van der Waals surface area contributed by atoms with Crippen molar-refractivity contribution in [3.8, 4) is 0 Å². The third-order valence-corrected chi connectivity index (χ3v) is 0. The Morgan fingerprint density at radius 1 is 1.60 bits per heavy atom. The number of rotatable bonds is 0. The maximum atomic E-state index is 7.93. The fraction of sp³-hybridized carbons (Fsp3) is 0. The van der Waals surface area contributed by atoms with E-state index in [-0.39, 0.29) is 0 Å². The van der Waals surface area contributed by atoms with Crippen molar-refractivity contribution in [3.63, 3.8) is 0 Å². The van der Waals surface area contributed by atoms with Crippen LogP contribution < -0.4 is 0 Å². The van der Waals surface area contributed by atoms with E-state index in [0.29, 0.717) is 0 Å². The van der Waals surface area contributed by atoms with Crippen LogP contribution in [0.5, 0.6) is 0 Å². The van der Waals surface area contributed by atoms with Crippen LogP contribution in [-0.4, -0.2) is 19.6 Å². The molecule has 32 valence electrons. The molecule has 2 N–H and O–H groups in total. The summed E-state index contributed by atoms with van der Waals surface area (Å²) in [6, 6.07) is 0. The summed E-state index contributed by atoms with van der Waals surface area (Å²) in [4.78, 5) is 0. The van der Waals surface area contributed by atoms with Gasteiger partial charge in [0, 0.05) is 0 Å². The topological polar surface area (TPSA) is 40.5 Å². The molecule has 0 aromatic carbocycles. The second kappa shape index (κ2) is 1.67. The molecule has 0 aliphatic rings. The van der Waals surface area contributed by atoms with Crippen LogP contribution in [-0.2, 0) is 0 Å². The molecule has 0 aromatic rings. The molecular formula is H3AsO2S2. The van der Waals surface area contributed by atoms with Crippen molar-refractivity contribution >= 4 is 32.7 Å². The summed E-state index contributed by atoms with van der Waals surface area (Å²) in [6.07, 6.45) is 0. The average molecular weight is 174 g/mol. The first-order valence-electron chi connectivity index (χ1n) is 0.783. The molecule has 2 nitrogen and oxygen atoms in total. The second-order valence-corrected chi connectivity index (χ2v) is 9.62. The summed E-state index contributed by atoms with van der Waals surface area (Å²) in [5.74, 6) is 0. The zero-order chi connectivity index (χ0) is 4.50. The Hall–Kier alpha value is 1.05. The van der Waals surface area contributed by atoms with Crippen LogP contribution in [0.25, 0.3) is 0 Å². The number of hydrogen-bond acceptors (Lipinski definition) is 1. The monoisotopic (exact) mass is 174 g/mol. The summed E-state index contributed by atoms with van der Waals surface area (Å²) in [5, 5.41) is 0. The third kappa shape index (κ3) is 42.7. The molecule has 0 atom stereocenters. The molecule has 0 radical (unpaired) electrons. The van der Waals surface area contributed by atoms with Gasteiger partial charge in [-0.15, -0.1) is 0 Å². The van der Waals surface area contributed by atoms with E-state index in [9.17, 15) is 0 Å². The first-order valence-corrected chi connectivity index (χ1v) is 8.04. The molecule has 0 amide bonds. The normalized spacial score (nSPS) is 11.8. The van der Waals surface area contributed by atoms with Gasteiger partial charge < -0.3 is 0 Å². The van der Waals surface area contributed by atoms with Gasteiger partial charge in [-0.25, -0.2) is 0 Å². The molecule has 0 spiro atoms. The zero-order valence-corrected chi connectivity index (χ0v) is 5.78. The van der Waals surface area contributed by atoms with Crippen LogP contribution >= 0.6 is 21.3 Å². The number of thiol groups is 1. The van der Waals surface area contributed by atoms with Gasteiger partial charge in [0.25, 0.3) is 0 Å². The van der Waals surface area contributed by atoms with E-state index in [1.807, 2.05) is 0 Å². The van der Waals surface area contributed by atoms with E-state index in [0.717, 1.165) is 0 Å². The minimum atomic E-state index is -3.60. The van der Waals surface area contributed by atoms with E-state index in [2.05, 4.69) is 21.3 Å². The van der Waals surface area contributed by atoms with Crippen molar-refractivity contribution in [2.75, 3.05) is 0 Å². The summed E-state index contributed by atoms with van der Waals surface area (Å²) in [7, 11) is 7.19. The molecular weight excluding hydrogens is 171 g/mol. The van der Waals surface area contributed by atoms with Crippen molar-refractivity contribution in [1.29, 1.82) is 0 Å². The van der Waals surface area contributed by atoms with Crippen LogP contribution in [0.2, 0.25) is 0 Å². The van der Waals surface area contributed by atoms with E-state index in [1.54, 1.807) is 0 Å². The van der Waals surface area contributed by atoms with Crippen LogP contribution in [0.3, 0.4) is 0 Å². The fourth-order valence-electron chi connectivity index (χ4n) is 0. The summed E-state index contributed by atoms with van der Waals surface area (Å²) >= 11 is -3.60. The van der Waals surface area contributed by atoms with Gasteiger partial charge in [-0.1, -0.05) is 0 Å². The standard InChI is InChI=1S/AsH3O2S2/c2-1(3,4)5/h(H3,2,3,4,5). The molecule has 0 heterocycles. The van der Waals surface area contributed by atoms with E-state index in [4.69, 9.17) is 8.19 Å². The third-order valence-electron chi connectivity index (χ3n) is 0. The quantitative estimate of drug-likeness (QED) is 0.343. The van der Waals surface area contributed by atoms with E-state index >= 15 is 0 Å². The van der Waals surface area contributed by atoms with Crippen LogP contribution in [0, 0.1) is 0 Å². The Labute approximate surface area is 41.1 Å². The van der Waals surface area contributed by atoms with Crippen molar-refractivity contribution in [2.45, 2.75) is 0 Å². The first kappa shape index (κ1) is 6.05. The van der Waals surface area contributed by atoms with Crippen LogP contribution in [0.4, 0.5) is 0 Å². The van der Waals surface area contributed by atoms with Gasteiger partial charge in [0.05, 0.1) is 0 Å². The summed E-state index contributed by atoms with van der Waals surface area (Å²) in [6.45, 7) is 0. The van der Waals surface area contributed by atoms with Crippen molar-refractivity contribution in [3.05, 3.63) is 0 Å². The zero-order valence-electron chi connectivity index (χ0n) is 2.20. The number of hydrogen-bond donors (Lipinski definition) is 3. The molecule has 0 aromatic heterocycles. The van der Waals surface area contributed by atoms with Gasteiger partial charge in [0.2, 0.25) is 0 Å². The van der Waals surface area contributed by atoms with E-state index in [1.165, 1.54) is 0 Å². The predicted molar refractivity (Wildman–Crippen MR) is 26.8 cm³/mol. The Balaban J connectivity index is 3.47. The van der Waals surface area contributed by atoms with Crippen molar-refractivity contribution in [1.82, 2.24) is 0 Å². The molecule has 0 aliphatic heterocycles. The molecule has 5 heteroatoms. The Morgan fingerprint density at radius 2 is 1.60 bits per heavy atom. The van der Waals surface area contributed by atoms with E-state index < -0.39 is 11.4 Å². The van der Waals surface area contributed by atoms with Gasteiger partial charge in [0.15, 0.2) is 0 Å². The Bertz CT molecular complexity index is 53.8. The minimum absolute atomic E-state index is 3.22. The molecule has 0 rings (SSSR count). The molecule has 0 fully saturated rings. The molecule has 0 aliphatic carbocycles. The van der Waals surface area contributed by atoms with Crippen LogP contribution in [0.1, 0.15) is 0 Å². The first-order chi connectivity index (χ1) is 2.00. The SMILES string of the molecule is O[As](O)(=S)S. The van der Waals surface area contributed by atoms with Gasteiger partial charge in [0.1, 0.15) is 0 Å². The van der Waals surface area contributed by atoms with Gasteiger partial charge in [-0.05, 0) is 0 Å². The molecule has 0 unspecified atom stereocenters. The van der Waals surface area contributed by atoms with Crippen molar-refractivity contribution < 1.29 is 8.19 Å². The summed E-state index contributed by atoms with van der Waals surface area (Å²) < 4.78 is 15.9.